The first-order chi connectivity index (χ1) is 7.44. The molecule has 0 aromatic rings. The quantitative estimate of drug-likeness (QED) is 0.730. The number of sulfonamides is 1. The van der Waals surface area contributed by atoms with Gasteiger partial charge in [-0.15, -0.1) is 0 Å². The Morgan fingerprint density at radius 2 is 1.94 bits per heavy atom. The van der Waals surface area contributed by atoms with Gasteiger partial charge in [-0.05, 0) is 20.3 Å². The lowest BCUT2D eigenvalue weighted by atomic mass is 10.1. The number of nitrogens with zero attached hydrogens (tertiary/aromatic N) is 1. The molecule has 0 spiro atoms. The predicted octanol–water partition coefficient (Wildman–Crippen LogP) is -0.794. The van der Waals surface area contributed by atoms with Crippen molar-refractivity contribution in [2.24, 2.45) is 0 Å². The third-order valence-electron chi connectivity index (χ3n) is 2.66. The van der Waals surface area contributed by atoms with Crippen LogP contribution < -0.4 is 0 Å². The minimum Gasteiger partial charge on any atom is -0.389 e. The summed E-state index contributed by atoms with van der Waals surface area (Å²) < 4.78 is 47.7. The van der Waals surface area contributed by atoms with E-state index in [-0.39, 0.29) is 24.5 Å². The topological polar surface area (TPSA) is 91.8 Å². The summed E-state index contributed by atoms with van der Waals surface area (Å²) in [5.74, 6) is -0.390. The standard InChI is InChI=1S/C9H19NO5S2/c1-9(2,11)7-10(3)17(14,15)8-4-5-16(12,13)6-8/h8,11H,4-7H2,1-3H3. The first-order valence-corrected chi connectivity index (χ1v) is 8.64. The number of hydrogen-bond acceptors (Lipinski definition) is 5. The highest BCUT2D eigenvalue weighted by Gasteiger charge is 2.40. The zero-order valence-electron chi connectivity index (χ0n) is 10.2. The molecule has 0 radical (unpaired) electrons. The van der Waals surface area contributed by atoms with Crippen LogP contribution in [-0.2, 0) is 19.9 Å². The van der Waals surface area contributed by atoms with Gasteiger partial charge in [-0.1, -0.05) is 0 Å². The highest BCUT2D eigenvalue weighted by molar-refractivity contribution is 7.95. The van der Waals surface area contributed by atoms with E-state index >= 15 is 0 Å². The summed E-state index contributed by atoms with van der Waals surface area (Å²) in [7, 11) is -5.51. The molecule has 0 aromatic carbocycles. The molecule has 17 heavy (non-hydrogen) atoms. The summed E-state index contributed by atoms with van der Waals surface area (Å²) >= 11 is 0. The van der Waals surface area contributed by atoms with Crippen LogP contribution in [0.1, 0.15) is 20.3 Å². The summed E-state index contributed by atoms with van der Waals surface area (Å²) in [5, 5.41) is 8.70. The van der Waals surface area contributed by atoms with Gasteiger partial charge < -0.3 is 5.11 Å². The average molecular weight is 285 g/mol. The van der Waals surface area contributed by atoms with Gasteiger partial charge in [0.1, 0.15) is 0 Å². The molecule has 6 nitrogen and oxygen atoms in total. The Morgan fingerprint density at radius 3 is 2.29 bits per heavy atom. The van der Waals surface area contributed by atoms with Crippen molar-refractivity contribution in [3.8, 4) is 0 Å². The van der Waals surface area contributed by atoms with E-state index in [0.717, 1.165) is 4.31 Å². The molecule has 0 saturated carbocycles. The monoisotopic (exact) mass is 285 g/mol. The third-order valence-corrected chi connectivity index (χ3v) is 6.88. The van der Waals surface area contributed by atoms with Gasteiger partial charge in [-0.2, -0.15) is 0 Å². The number of rotatable bonds is 4. The Kier molecular flexibility index (Phi) is 3.93. The fourth-order valence-corrected chi connectivity index (χ4v) is 6.31. The van der Waals surface area contributed by atoms with Crippen molar-refractivity contribution < 1.29 is 21.9 Å². The van der Waals surface area contributed by atoms with E-state index in [2.05, 4.69) is 0 Å². The van der Waals surface area contributed by atoms with Gasteiger partial charge in [0.25, 0.3) is 0 Å². The molecular weight excluding hydrogens is 266 g/mol. The first-order valence-electron chi connectivity index (χ1n) is 5.32. The Morgan fingerprint density at radius 1 is 1.41 bits per heavy atom. The maximum absolute atomic E-state index is 12.0. The second kappa shape index (κ2) is 4.49. The summed E-state index contributed by atoms with van der Waals surface area (Å²) in [4.78, 5) is 0. The van der Waals surface area contributed by atoms with Crippen molar-refractivity contribution in [2.45, 2.75) is 31.1 Å². The normalized spacial score (nSPS) is 25.4. The lowest BCUT2D eigenvalue weighted by molar-refractivity contribution is 0.0638. The highest BCUT2D eigenvalue weighted by atomic mass is 32.2. The molecule has 1 fully saturated rings. The smallest absolute Gasteiger partial charge is 0.217 e. The van der Waals surface area contributed by atoms with Crippen molar-refractivity contribution >= 4 is 19.9 Å². The van der Waals surface area contributed by atoms with E-state index in [0.29, 0.717) is 0 Å². The Balaban J connectivity index is 2.83. The minimum absolute atomic E-state index is 0.0497. The van der Waals surface area contributed by atoms with E-state index in [1.807, 2.05) is 0 Å². The lowest BCUT2D eigenvalue weighted by Crippen LogP contribution is -2.44. The summed E-state index contributed by atoms with van der Waals surface area (Å²) in [6.45, 7) is 2.96. The molecule has 1 atom stereocenters. The Bertz CT molecular complexity index is 474. The van der Waals surface area contributed by atoms with Gasteiger partial charge in [-0.3, -0.25) is 0 Å². The van der Waals surface area contributed by atoms with Gasteiger partial charge in [0.05, 0.1) is 22.4 Å². The van der Waals surface area contributed by atoms with Crippen LogP contribution in [0.3, 0.4) is 0 Å². The molecule has 1 heterocycles. The molecule has 1 unspecified atom stereocenters. The third kappa shape index (κ3) is 3.90. The van der Waals surface area contributed by atoms with Crippen LogP contribution in [0, 0.1) is 0 Å². The lowest BCUT2D eigenvalue weighted by Gasteiger charge is -2.27. The molecule has 1 saturated heterocycles. The maximum Gasteiger partial charge on any atom is 0.217 e. The number of sulfone groups is 1. The van der Waals surface area contributed by atoms with E-state index in [9.17, 15) is 21.9 Å². The van der Waals surface area contributed by atoms with Crippen LogP contribution in [0.4, 0.5) is 0 Å². The highest BCUT2D eigenvalue weighted by Crippen LogP contribution is 2.22. The van der Waals surface area contributed by atoms with E-state index in [4.69, 9.17) is 0 Å². The minimum atomic E-state index is -3.65. The van der Waals surface area contributed by atoms with Crippen LogP contribution in [-0.4, -0.2) is 62.2 Å². The zero-order valence-corrected chi connectivity index (χ0v) is 11.9. The fraction of sp³-hybridized carbons (Fsp3) is 1.00. The summed E-state index contributed by atoms with van der Waals surface area (Å²) in [6, 6.07) is 0. The molecule has 0 aromatic heterocycles. The zero-order chi connectivity index (χ0) is 13.5. The second-order valence-electron chi connectivity index (χ2n) is 5.14. The van der Waals surface area contributed by atoms with E-state index in [1.165, 1.54) is 20.9 Å². The molecule has 1 aliphatic heterocycles. The largest absolute Gasteiger partial charge is 0.389 e. The molecule has 0 amide bonds. The van der Waals surface area contributed by atoms with Crippen molar-refractivity contribution in [2.75, 3.05) is 25.1 Å². The molecular formula is C9H19NO5S2. The summed E-state index contributed by atoms with van der Waals surface area (Å²) in [5.41, 5.74) is -1.14. The summed E-state index contributed by atoms with van der Waals surface area (Å²) in [6.07, 6.45) is 0.140. The average Bonchev–Trinajstić information content (AvgIpc) is 2.43. The number of aliphatic hydroxyl groups is 1. The maximum atomic E-state index is 12.0. The molecule has 102 valence electrons. The predicted molar refractivity (Wildman–Crippen MR) is 64.9 cm³/mol. The van der Waals surface area contributed by atoms with Gasteiger partial charge in [0.15, 0.2) is 9.84 Å². The van der Waals surface area contributed by atoms with Crippen molar-refractivity contribution in [3.05, 3.63) is 0 Å². The molecule has 0 bridgehead atoms. The molecule has 1 N–H and O–H groups in total. The van der Waals surface area contributed by atoms with E-state index < -0.39 is 30.7 Å². The van der Waals surface area contributed by atoms with Crippen LogP contribution in [0.5, 0.6) is 0 Å². The van der Waals surface area contributed by atoms with Gasteiger partial charge in [0.2, 0.25) is 10.0 Å². The SMILES string of the molecule is CN(CC(C)(C)O)S(=O)(=O)C1CCS(=O)(=O)C1. The fourth-order valence-electron chi connectivity index (χ4n) is 1.89. The van der Waals surface area contributed by atoms with Crippen molar-refractivity contribution in [3.63, 3.8) is 0 Å². The Hall–Kier alpha value is -0.180. The first kappa shape index (κ1) is 14.9. The van der Waals surface area contributed by atoms with Gasteiger partial charge in [0, 0.05) is 13.6 Å². The van der Waals surface area contributed by atoms with Gasteiger partial charge >= 0.3 is 0 Å². The van der Waals surface area contributed by atoms with Crippen molar-refractivity contribution in [1.29, 1.82) is 0 Å². The van der Waals surface area contributed by atoms with Crippen LogP contribution >= 0.6 is 0 Å². The van der Waals surface area contributed by atoms with E-state index in [1.54, 1.807) is 0 Å². The molecule has 1 aliphatic rings. The number of hydrogen-bond donors (Lipinski definition) is 1. The van der Waals surface area contributed by atoms with Crippen LogP contribution in [0.25, 0.3) is 0 Å². The van der Waals surface area contributed by atoms with Gasteiger partial charge in [-0.25, -0.2) is 21.1 Å². The van der Waals surface area contributed by atoms with Crippen LogP contribution in [0.15, 0.2) is 0 Å². The second-order valence-corrected chi connectivity index (χ2v) is 9.69. The molecule has 1 rings (SSSR count). The molecule has 0 aliphatic carbocycles. The van der Waals surface area contributed by atoms with Crippen LogP contribution in [0.2, 0.25) is 0 Å². The Labute approximate surface area is 103 Å². The number of likely N-dealkylation sites (N-methyl/N-ethyl adjacent to an activating group) is 1. The molecule has 8 heteroatoms. The van der Waals surface area contributed by atoms with Crippen molar-refractivity contribution in [1.82, 2.24) is 4.31 Å².